The Morgan fingerprint density at radius 3 is 2.75 bits per heavy atom. The molecule has 3 nitrogen and oxygen atoms in total. The van der Waals surface area contributed by atoms with Gasteiger partial charge in [0.25, 0.3) is 0 Å². The Bertz CT molecular complexity index is 426. The van der Waals surface area contributed by atoms with Gasteiger partial charge in [0, 0.05) is 11.6 Å². The third-order valence-corrected chi connectivity index (χ3v) is 3.04. The van der Waals surface area contributed by atoms with E-state index >= 15 is 0 Å². The molecule has 1 saturated heterocycles. The van der Waals surface area contributed by atoms with Gasteiger partial charge in [-0.2, -0.15) is 0 Å². The molecule has 5 heteroatoms. The lowest BCUT2D eigenvalue weighted by Crippen LogP contribution is -2.54. The van der Waals surface area contributed by atoms with Crippen molar-refractivity contribution < 1.29 is 13.9 Å². The fraction of sp³-hybridized carbons (Fsp3) is 0.364. The van der Waals surface area contributed by atoms with Crippen molar-refractivity contribution in [1.29, 1.82) is 0 Å². The quantitative estimate of drug-likeness (QED) is 0.821. The molecule has 1 aliphatic heterocycles. The van der Waals surface area contributed by atoms with E-state index in [1.54, 1.807) is 0 Å². The zero-order chi connectivity index (χ0) is 11.8. The molecule has 86 valence electrons. The van der Waals surface area contributed by atoms with Crippen molar-refractivity contribution in [2.45, 2.75) is 0 Å². The van der Waals surface area contributed by atoms with Crippen LogP contribution in [0.4, 0.5) is 4.39 Å². The highest BCUT2D eigenvalue weighted by atomic mass is 35.5. The van der Waals surface area contributed by atoms with Gasteiger partial charge in [0.05, 0.1) is 24.2 Å². The van der Waals surface area contributed by atoms with Gasteiger partial charge < -0.3 is 10.5 Å². The van der Waals surface area contributed by atoms with Crippen LogP contribution in [0.5, 0.6) is 0 Å². The van der Waals surface area contributed by atoms with Crippen LogP contribution in [0.1, 0.15) is 10.4 Å². The van der Waals surface area contributed by atoms with Gasteiger partial charge in [0.15, 0.2) is 5.78 Å². The molecule has 0 saturated carbocycles. The number of nitrogens with two attached hydrogens (primary N) is 1. The lowest BCUT2D eigenvalue weighted by atomic mass is 9.78. The van der Waals surface area contributed by atoms with Crippen LogP contribution in [0.15, 0.2) is 18.2 Å². The number of hydrogen-bond acceptors (Lipinski definition) is 3. The minimum Gasteiger partial charge on any atom is -0.379 e. The Kier molecular flexibility index (Phi) is 2.97. The van der Waals surface area contributed by atoms with Crippen molar-refractivity contribution in [3.63, 3.8) is 0 Å². The standard InChI is InChI=1S/C11H11ClFNO2/c12-7-1-2-9(13)8(3-7)10(15)11(4-14)5-16-6-11/h1-3H,4-6,14H2. The average Bonchev–Trinajstić information content (AvgIpc) is 2.21. The first-order chi connectivity index (χ1) is 7.59. The number of benzene rings is 1. The molecule has 1 aromatic carbocycles. The summed E-state index contributed by atoms with van der Waals surface area (Å²) in [6.07, 6.45) is 0. The first-order valence-corrected chi connectivity index (χ1v) is 5.24. The Labute approximate surface area is 97.3 Å². The van der Waals surface area contributed by atoms with E-state index in [4.69, 9.17) is 22.1 Å². The van der Waals surface area contributed by atoms with Crippen molar-refractivity contribution in [1.82, 2.24) is 0 Å². The molecule has 16 heavy (non-hydrogen) atoms. The Hall–Kier alpha value is -0.970. The summed E-state index contributed by atoms with van der Waals surface area (Å²) < 4.78 is 18.5. The maximum absolute atomic E-state index is 13.5. The number of carbonyl (C=O) groups excluding carboxylic acids is 1. The van der Waals surface area contributed by atoms with Crippen molar-refractivity contribution in [3.8, 4) is 0 Å². The second kappa shape index (κ2) is 4.13. The second-order valence-corrected chi connectivity index (χ2v) is 4.37. The minimum absolute atomic E-state index is 0.0127. The first kappa shape index (κ1) is 11.5. The molecule has 0 bridgehead atoms. The summed E-state index contributed by atoms with van der Waals surface area (Å²) in [4.78, 5) is 12.1. The molecule has 2 rings (SSSR count). The lowest BCUT2D eigenvalue weighted by Gasteiger charge is -2.38. The number of hydrogen-bond donors (Lipinski definition) is 1. The molecule has 1 heterocycles. The van der Waals surface area contributed by atoms with Crippen LogP contribution in [0.25, 0.3) is 0 Å². The summed E-state index contributed by atoms with van der Waals surface area (Å²) in [6.45, 7) is 0.639. The second-order valence-electron chi connectivity index (χ2n) is 3.93. The van der Waals surface area contributed by atoms with Gasteiger partial charge >= 0.3 is 0 Å². The molecular weight excluding hydrogens is 233 g/mol. The van der Waals surface area contributed by atoms with E-state index in [0.717, 1.165) is 0 Å². The zero-order valence-electron chi connectivity index (χ0n) is 8.50. The van der Waals surface area contributed by atoms with Crippen LogP contribution in [0, 0.1) is 11.2 Å². The summed E-state index contributed by atoms with van der Waals surface area (Å²) in [5.41, 5.74) is 4.75. The van der Waals surface area contributed by atoms with Gasteiger partial charge in [-0.05, 0) is 18.2 Å². The highest BCUT2D eigenvalue weighted by Gasteiger charge is 2.45. The van der Waals surface area contributed by atoms with E-state index in [9.17, 15) is 9.18 Å². The fourth-order valence-electron chi connectivity index (χ4n) is 1.65. The number of ketones is 1. The summed E-state index contributed by atoms with van der Waals surface area (Å²) in [5.74, 6) is -0.907. The van der Waals surface area contributed by atoms with Gasteiger partial charge in [-0.3, -0.25) is 4.79 Å². The normalized spacial score (nSPS) is 17.9. The first-order valence-electron chi connectivity index (χ1n) is 4.87. The summed E-state index contributed by atoms with van der Waals surface area (Å²) >= 11 is 5.73. The van der Waals surface area contributed by atoms with Crippen LogP contribution in [0.2, 0.25) is 5.02 Å². The monoisotopic (exact) mass is 243 g/mol. The molecule has 2 N–H and O–H groups in total. The molecule has 0 atom stereocenters. The number of ether oxygens (including phenoxy) is 1. The fourth-order valence-corrected chi connectivity index (χ4v) is 1.82. The molecule has 0 aliphatic carbocycles. The van der Waals surface area contributed by atoms with E-state index in [1.807, 2.05) is 0 Å². The molecule has 0 amide bonds. The average molecular weight is 244 g/mol. The predicted molar refractivity (Wildman–Crippen MR) is 58.0 cm³/mol. The number of rotatable bonds is 3. The molecule has 0 spiro atoms. The highest BCUT2D eigenvalue weighted by Crippen LogP contribution is 2.32. The predicted octanol–water partition coefficient (Wildman–Crippen LogP) is 1.64. The van der Waals surface area contributed by atoms with Crippen LogP contribution >= 0.6 is 11.6 Å². The molecule has 1 aromatic rings. The van der Waals surface area contributed by atoms with Gasteiger partial charge in [-0.25, -0.2) is 4.39 Å². The molecule has 0 aromatic heterocycles. The largest absolute Gasteiger partial charge is 0.379 e. The summed E-state index contributed by atoms with van der Waals surface area (Å²) in [5, 5.41) is 0.331. The number of Topliss-reactive ketones (excluding diaryl/α,β-unsaturated/α-hetero) is 1. The zero-order valence-corrected chi connectivity index (χ0v) is 9.26. The number of carbonyl (C=O) groups is 1. The molecule has 1 fully saturated rings. The number of halogens is 2. The van der Waals surface area contributed by atoms with Crippen molar-refractivity contribution in [2.75, 3.05) is 19.8 Å². The Balaban J connectivity index is 2.37. The lowest BCUT2D eigenvalue weighted by molar-refractivity contribution is -0.0817. The summed E-state index contributed by atoms with van der Waals surface area (Å²) in [6, 6.07) is 3.91. The summed E-state index contributed by atoms with van der Waals surface area (Å²) in [7, 11) is 0. The van der Waals surface area contributed by atoms with Gasteiger partial charge in [0.2, 0.25) is 0 Å². The van der Waals surface area contributed by atoms with Crippen molar-refractivity contribution in [3.05, 3.63) is 34.6 Å². The van der Waals surface area contributed by atoms with Gasteiger partial charge in [-0.1, -0.05) is 11.6 Å². The SMILES string of the molecule is NCC1(C(=O)c2cc(Cl)ccc2F)COC1. The molecule has 1 aliphatic rings. The molecule has 0 radical (unpaired) electrons. The van der Waals surface area contributed by atoms with E-state index in [1.165, 1.54) is 18.2 Å². The Morgan fingerprint density at radius 1 is 1.56 bits per heavy atom. The third-order valence-electron chi connectivity index (χ3n) is 2.80. The maximum atomic E-state index is 13.5. The highest BCUT2D eigenvalue weighted by molar-refractivity contribution is 6.31. The molecule has 0 unspecified atom stereocenters. The third kappa shape index (κ3) is 1.73. The van der Waals surface area contributed by atoms with Crippen LogP contribution in [0.3, 0.4) is 0 Å². The van der Waals surface area contributed by atoms with Crippen LogP contribution in [-0.4, -0.2) is 25.5 Å². The van der Waals surface area contributed by atoms with Crippen LogP contribution < -0.4 is 5.73 Å². The van der Waals surface area contributed by atoms with Gasteiger partial charge in [0.1, 0.15) is 5.82 Å². The minimum atomic E-state index is -0.772. The van der Waals surface area contributed by atoms with E-state index in [0.29, 0.717) is 5.02 Å². The molecular formula is C11H11ClFNO2. The van der Waals surface area contributed by atoms with E-state index in [-0.39, 0.29) is 31.1 Å². The van der Waals surface area contributed by atoms with Crippen LogP contribution in [-0.2, 0) is 4.74 Å². The topological polar surface area (TPSA) is 52.3 Å². The Morgan fingerprint density at radius 2 is 2.25 bits per heavy atom. The van der Waals surface area contributed by atoms with E-state index in [2.05, 4.69) is 0 Å². The van der Waals surface area contributed by atoms with Crippen molar-refractivity contribution >= 4 is 17.4 Å². The smallest absolute Gasteiger partial charge is 0.177 e. The van der Waals surface area contributed by atoms with E-state index < -0.39 is 11.2 Å². The van der Waals surface area contributed by atoms with Crippen molar-refractivity contribution in [2.24, 2.45) is 11.1 Å². The van der Waals surface area contributed by atoms with Gasteiger partial charge in [-0.15, -0.1) is 0 Å². The maximum Gasteiger partial charge on any atom is 0.177 e.